The van der Waals surface area contributed by atoms with E-state index in [4.69, 9.17) is 0 Å². The Morgan fingerprint density at radius 2 is 1.70 bits per heavy atom. The molecule has 3 amide bonds. The van der Waals surface area contributed by atoms with Gasteiger partial charge in [-0.3, -0.25) is 9.69 Å². The summed E-state index contributed by atoms with van der Waals surface area (Å²) in [5.41, 5.74) is -1.21. The quantitative estimate of drug-likeness (QED) is 0.654. The van der Waals surface area contributed by atoms with Crippen LogP contribution in [0.1, 0.15) is 49.0 Å². The number of benzene rings is 2. The molecule has 1 saturated heterocycles. The van der Waals surface area contributed by atoms with Crippen molar-refractivity contribution < 1.29 is 27.9 Å². The molecule has 0 saturated carbocycles. The van der Waals surface area contributed by atoms with E-state index >= 15 is 0 Å². The van der Waals surface area contributed by atoms with Gasteiger partial charge >= 0.3 is 12.2 Å². The molecule has 2 N–H and O–H groups in total. The van der Waals surface area contributed by atoms with E-state index in [0.717, 1.165) is 35.6 Å². The molecule has 1 fully saturated rings. The fraction of sp³-hybridized carbons (Fsp3) is 0.364. The van der Waals surface area contributed by atoms with Gasteiger partial charge in [0.15, 0.2) is 0 Å². The number of rotatable bonds is 7. The summed E-state index contributed by atoms with van der Waals surface area (Å²) in [6.45, 7) is 1.63. The molecule has 30 heavy (non-hydrogen) atoms. The number of aliphatic hydroxyl groups excluding tert-OH is 1. The van der Waals surface area contributed by atoms with Crippen molar-refractivity contribution in [2.75, 3.05) is 6.54 Å². The second-order valence-corrected chi connectivity index (χ2v) is 7.36. The predicted octanol–water partition coefficient (Wildman–Crippen LogP) is 4.38. The van der Waals surface area contributed by atoms with Crippen LogP contribution in [0, 0.1) is 0 Å². The van der Waals surface area contributed by atoms with Gasteiger partial charge < -0.3 is 10.4 Å². The van der Waals surface area contributed by atoms with E-state index in [-0.39, 0.29) is 12.1 Å². The topological polar surface area (TPSA) is 69.6 Å². The molecular weight excluding hydrogens is 397 g/mol. The Morgan fingerprint density at radius 1 is 1.07 bits per heavy atom. The van der Waals surface area contributed by atoms with Gasteiger partial charge in [0.25, 0.3) is 5.91 Å². The highest BCUT2D eigenvalue weighted by Gasteiger charge is 2.52. The summed E-state index contributed by atoms with van der Waals surface area (Å²) in [7, 11) is 0. The number of unbranched alkanes of at least 4 members (excludes halogenated alkanes) is 1. The summed E-state index contributed by atoms with van der Waals surface area (Å²) >= 11 is 0. The van der Waals surface area contributed by atoms with Crippen LogP contribution >= 0.6 is 0 Å². The predicted molar refractivity (Wildman–Crippen MR) is 104 cm³/mol. The van der Waals surface area contributed by atoms with Gasteiger partial charge in [0.2, 0.25) is 0 Å². The van der Waals surface area contributed by atoms with Gasteiger partial charge in [-0.2, -0.15) is 13.2 Å². The Balaban J connectivity index is 1.83. The molecule has 0 aromatic heterocycles. The Bertz CT molecular complexity index is 900. The molecule has 0 radical (unpaired) electrons. The number of nitrogens with zero attached hydrogens (tertiary/aromatic N) is 1. The van der Waals surface area contributed by atoms with Crippen LogP contribution in [0.5, 0.6) is 0 Å². The van der Waals surface area contributed by atoms with Gasteiger partial charge in [-0.15, -0.1) is 0 Å². The van der Waals surface area contributed by atoms with Crippen molar-refractivity contribution in [1.82, 2.24) is 10.2 Å². The third-order valence-corrected chi connectivity index (χ3v) is 5.33. The lowest BCUT2D eigenvalue weighted by atomic mass is 9.85. The number of hydrogen-bond acceptors (Lipinski definition) is 3. The van der Waals surface area contributed by atoms with Crippen molar-refractivity contribution in [3.05, 3.63) is 71.3 Å². The molecule has 2 aromatic rings. The van der Waals surface area contributed by atoms with Crippen LogP contribution < -0.4 is 5.32 Å². The number of urea groups is 1. The largest absolute Gasteiger partial charge is 0.416 e. The monoisotopic (exact) mass is 420 g/mol. The molecule has 1 aliphatic heterocycles. The van der Waals surface area contributed by atoms with Crippen molar-refractivity contribution in [3.8, 4) is 0 Å². The molecule has 3 rings (SSSR count). The first-order valence-electron chi connectivity index (χ1n) is 9.74. The van der Waals surface area contributed by atoms with Crippen molar-refractivity contribution in [3.63, 3.8) is 0 Å². The molecule has 0 aliphatic carbocycles. The number of imide groups is 1. The fourth-order valence-corrected chi connectivity index (χ4v) is 3.64. The third kappa shape index (κ3) is 4.18. The maximum absolute atomic E-state index is 13.3. The van der Waals surface area contributed by atoms with Gasteiger partial charge in [0.05, 0.1) is 18.2 Å². The Labute approximate surface area is 172 Å². The average molecular weight is 420 g/mol. The van der Waals surface area contributed by atoms with Crippen LogP contribution in [0.15, 0.2) is 54.6 Å². The number of nitrogens with one attached hydrogen (secondary N) is 1. The highest BCUT2D eigenvalue weighted by atomic mass is 19.4. The van der Waals surface area contributed by atoms with Crippen LogP contribution in [0.2, 0.25) is 0 Å². The van der Waals surface area contributed by atoms with E-state index < -0.39 is 35.3 Å². The molecule has 2 unspecified atom stereocenters. The lowest BCUT2D eigenvalue weighted by Crippen LogP contribution is -2.44. The number of halogens is 3. The SMILES string of the molecule is CCCCC1(c2ccccc2)NC(=O)N(CC(O)c2ccc(C(F)(F)F)cc2)C1=O. The summed E-state index contributed by atoms with van der Waals surface area (Å²) in [4.78, 5) is 26.8. The van der Waals surface area contributed by atoms with Crippen LogP contribution in [-0.4, -0.2) is 28.5 Å². The number of carbonyl (C=O) groups excluding carboxylic acids is 2. The maximum Gasteiger partial charge on any atom is 0.416 e. The van der Waals surface area contributed by atoms with Crippen LogP contribution in [0.4, 0.5) is 18.0 Å². The number of alkyl halides is 3. The summed E-state index contributed by atoms with van der Waals surface area (Å²) in [6.07, 6.45) is -3.85. The zero-order valence-electron chi connectivity index (χ0n) is 16.4. The molecule has 0 spiro atoms. The maximum atomic E-state index is 13.3. The van der Waals surface area contributed by atoms with Crippen LogP contribution in [-0.2, 0) is 16.5 Å². The highest BCUT2D eigenvalue weighted by Crippen LogP contribution is 2.35. The van der Waals surface area contributed by atoms with Crippen molar-refractivity contribution in [2.24, 2.45) is 0 Å². The lowest BCUT2D eigenvalue weighted by molar-refractivity contribution is -0.137. The molecule has 1 heterocycles. The Morgan fingerprint density at radius 3 is 2.27 bits per heavy atom. The van der Waals surface area contributed by atoms with E-state index in [2.05, 4.69) is 5.32 Å². The smallest absolute Gasteiger partial charge is 0.387 e. The third-order valence-electron chi connectivity index (χ3n) is 5.33. The van der Waals surface area contributed by atoms with Crippen molar-refractivity contribution in [2.45, 2.75) is 44.0 Å². The number of carbonyl (C=O) groups is 2. The van der Waals surface area contributed by atoms with E-state index in [1.165, 1.54) is 0 Å². The minimum atomic E-state index is -4.48. The minimum Gasteiger partial charge on any atom is -0.387 e. The van der Waals surface area contributed by atoms with Crippen molar-refractivity contribution >= 4 is 11.9 Å². The van der Waals surface area contributed by atoms with Gasteiger partial charge in [-0.05, 0) is 29.7 Å². The number of hydrogen-bond donors (Lipinski definition) is 2. The molecule has 2 atom stereocenters. The normalized spacial score (nSPS) is 20.4. The number of amides is 3. The zero-order chi connectivity index (χ0) is 21.9. The van der Waals surface area contributed by atoms with Crippen LogP contribution in [0.25, 0.3) is 0 Å². The lowest BCUT2D eigenvalue weighted by Gasteiger charge is -2.27. The zero-order valence-corrected chi connectivity index (χ0v) is 16.4. The highest BCUT2D eigenvalue weighted by molar-refractivity contribution is 6.07. The standard InChI is InChI=1S/C22H23F3N2O3/c1-2-3-13-21(16-7-5-4-6-8-16)19(29)27(20(30)26-21)14-18(28)15-9-11-17(12-10-15)22(23,24)25/h4-12,18,28H,2-3,13-14H2,1H3,(H,26,30). The summed E-state index contributed by atoms with van der Waals surface area (Å²) < 4.78 is 38.2. The molecule has 160 valence electrons. The minimum absolute atomic E-state index is 0.189. The molecule has 2 aromatic carbocycles. The van der Waals surface area contributed by atoms with E-state index in [1.807, 2.05) is 13.0 Å². The van der Waals surface area contributed by atoms with Gasteiger partial charge in [-0.25, -0.2) is 4.79 Å². The second kappa shape index (κ2) is 8.47. The summed E-state index contributed by atoms with van der Waals surface area (Å²) in [5.74, 6) is -0.474. The van der Waals surface area contributed by atoms with Gasteiger partial charge in [0.1, 0.15) is 5.54 Å². The summed E-state index contributed by atoms with van der Waals surface area (Å²) in [5, 5.41) is 13.3. The second-order valence-electron chi connectivity index (χ2n) is 7.36. The average Bonchev–Trinajstić information content (AvgIpc) is 2.97. The van der Waals surface area contributed by atoms with E-state index in [1.54, 1.807) is 24.3 Å². The summed E-state index contributed by atoms with van der Waals surface area (Å²) in [6, 6.07) is 12.3. The van der Waals surface area contributed by atoms with Gasteiger partial charge in [-0.1, -0.05) is 62.2 Å². The van der Waals surface area contributed by atoms with E-state index in [9.17, 15) is 27.9 Å². The fourth-order valence-electron chi connectivity index (χ4n) is 3.64. The van der Waals surface area contributed by atoms with E-state index in [0.29, 0.717) is 18.4 Å². The molecule has 5 nitrogen and oxygen atoms in total. The Hall–Kier alpha value is -2.87. The molecule has 0 bridgehead atoms. The number of β-amino-alcohol motifs (C(OH)–C–C–N with tert-alkyl or cyclic N) is 1. The van der Waals surface area contributed by atoms with Gasteiger partial charge in [0, 0.05) is 0 Å². The first kappa shape index (κ1) is 21.8. The molecule has 8 heteroatoms. The number of aliphatic hydroxyl groups is 1. The molecule has 1 aliphatic rings. The first-order chi connectivity index (χ1) is 14.2. The van der Waals surface area contributed by atoms with Crippen LogP contribution in [0.3, 0.4) is 0 Å². The molecular formula is C22H23F3N2O3. The Kier molecular flexibility index (Phi) is 6.17. The first-order valence-corrected chi connectivity index (χ1v) is 9.74. The van der Waals surface area contributed by atoms with Crippen molar-refractivity contribution in [1.29, 1.82) is 0 Å².